The third-order valence-corrected chi connectivity index (χ3v) is 11.6. The van der Waals surface area contributed by atoms with Crippen molar-refractivity contribution in [3.63, 3.8) is 0 Å². The minimum Gasteiger partial charge on any atom is -0.456 e. The summed E-state index contributed by atoms with van der Waals surface area (Å²) in [6.07, 6.45) is 0. The summed E-state index contributed by atoms with van der Waals surface area (Å²) >= 11 is 0. The molecule has 0 amide bonds. The molecular weight excluding hydrogens is 741 g/mol. The van der Waals surface area contributed by atoms with Crippen LogP contribution in [0, 0.1) is 0 Å². The van der Waals surface area contributed by atoms with Gasteiger partial charge in [-0.05, 0) is 129 Å². The second-order valence-corrected chi connectivity index (χ2v) is 15.4. The normalized spacial score (nSPS) is 11.4. The molecule has 11 rings (SSSR count). The summed E-state index contributed by atoms with van der Waals surface area (Å²) < 4.78 is 6.72. The van der Waals surface area contributed by atoms with Crippen LogP contribution in [0.4, 0.5) is 34.1 Å². The smallest absolute Gasteiger partial charge is 0.135 e. The first-order valence-electron chi connectivity index (χ1n) is 20.7. The molecule has 0 N–H and O–H groups in total. The number of rotatable bonds is 9. The number of anilines is 6. The SMILES string of the molecule is c1ccc(-c2ccc(N(c3ccccc3)c3cc(-c4ccc5c(c4)Oc4cccc6cccc-5c46)cc(N(c4ccccc4)c4ccc(-c5ccccc5)cc4)c3)cc2)cc1. The highest BCUT2D eigenvalue weighted by atomic mass is 16.5. The van der Waals surface area contributed by atoms with Crippen LogP contribution in [0.3, 0.4) is 0 Å². The van der Waals surface area contributed by atoms with Gasteiger partial charge in [-0.25, -0.2) is 0 Å². The molecule has 1 aliphatic rings. The van der Waals surface area contributed by atoms with Crippen molar-refractivity contribution in [2.24, 2.45) is 0 Å². The quantitative estimate of drug-likeness (QED) is 0.145. The van der Waals surface area contributed by atoms with E-state index in [9.17, 15) is 0 Å². The molecule has 0 saturated heterocycles. The zero-order valence-corrected chi connectivity index (χ0v) is 33.4. The predicted octanol–water partition coefficient (Wildman–Crippen LogP) is 16.6. The molecular formula is C58H40N2O. The molecule has 0 fully saturated rings. The fraction of sp³-hybridized carbons (Fsp3) is 0. The molecule has 0 bridgehead atoms. The van der Waals surface area contributed by atoms with E-state index in [4.69, 9.17) is 4.74 Å². The van der Waals surface area contributed by atoms with E-state index in [0.29, 0.717) is 0 Å². The van der Waals surface area contributed by atoms with Crippen LogP contribution in [0.5, 0.6) is 11.5 Å². The Bertz CT molecular complexity index is 2980. The Balaban J connectivity index is 1.11. The van der Waals surface area contributed by atoms with Gasteiger partial charge in [0.25, 0.3) is 0 Å². The highest BCUT2D eigenvalue weighted by Gasteiger charge is 2.23. The molecule has 10 aromatic rings. The van der Waals surface area contributed by atoms with Crippen LogP contribution in [-0.2, 0) is 0 Å². The van der Waals surface area contributed by atoms with E-state index in [1.54, 1.807) is 0 Å². The summed E-state index contributed by atoms with van der Waals surface area (Å²) in [5.74, 6) is 1.74. The molecule has 0 aliphatic carbocycles. The van der Waals surface area contributed by atoms with Crippen LogP contribution < -0.4 is 14.5 Å². The molecule has 0 spiro atoms. The number of benzene rings is 10. The number of nitrogens with zero attached hydrogens (tertiary/aromatic N) is 2. The summed E-state index contributed by atoms with van der Waals surface area (Å²) in [4.78, 5) is 4.71. The number of hydrogen-bond acceptors (Lipinski definition) is 3. The minimum atomic E-state index is 0.850. The molecule has 0 aromatic heterocycles. The monoisotopic (exact) mass is 780 g/mol. The summed E-state index contributed by atoms with van der Waals surface area (Å²) in [6, 6.07) is 86.5. The predicted molar refractivity (Wildman–Crippen MR) is 255 cm³/mol. The zero-order valence-electron chi connectivity index (χ0n) is 33.4. The van der Waals surface area contributed by atoms with E-state index >= 15 is 0 Å². The van der Waals surface area contributed by atoms with E-state index < -0.39 is 0 Å². The zero-order chi connectivity index (χ0) is 40.5. The van der Waals surface area contributed by atoms with Crippen molar-refractivity contribution in [1.29, 1.82) is 0 Å². The number of para-hydroxylation sites is 2. The molecule has 0 radical (unpaired) electrons. The van der Waals surface area contributed by atoms with Gasteiger partial charge in [-0.15, -0.1) is 0 Å². The lowest BCUT2D eigenvalue weighted by atomic mass is 9.92. The average molecular weight is 781 g/mol. The lowest BCUT2D eigenvalue weighted by molar-refractivity contribution is 0.487. The van der Waals surface area contributed by atoms with Gasteiger partial charge in [0, 0.05) is 45.1 Å². The Morgan fingerprint density at radius 3 is 1.21 bits per heavy atom. The average Bonchev–Trinajstić information content (AvgIpc) is 3.33. The Morgan fingerprint density at radius 2 is 0.689 bits per heavy atom. The third-order valence-electron chi connectivity index (χ3n) is 11.6. The summed E-state index contributed by atoms with van der Waals surface area (Å²) in [7, 11) is 0. The van der Waals surface area contributed by atoms with Crippen LogP contribution in [-0.4, -0.2) is 0 Å². The summed E-state index contributed by atoms with van der Waals surface area (Å²) in [6.45, 7) is 0. The van der Waals surface area contributed by atoms with Gasteiger partial charge in [-0.1, -0.05) is 158 Å². The van der Waals surface area contributed by atoms with Crippen molar-refractivity contribution in [2.45, 2.75) is 0 Å². The van der Waals surface area contributed by atoms with Crippen LogP contribution in [0.2, 0.25) is 0 Å². The van der Waals surface area contributed by atoms with Crippen LogP contribution in [0.15, 0.2) is 243 Å². The molecule has 61 heavy (non-hydrogen) atoms. The molecule has 0 atom stereocenters. The molecule has 0 saturated carbocycles. The molecule has 1 aliphatic heterocycles. The maximum atomic E-state index is 6.72. The second kappa shape index (κ2) is 15.6. The molecule has 10 aromatic carbocycles. The van der Waals surface area contributed by atoms with E-state index in [1.165, 1.54) is 33.2 Å². The summed E-state index contributed by atoms with van der Waals surface area (Å²) in [5.41, 5.74) is 15.5. The van der Waals surface area contributed by atoms with Gasteiger partial charge in [0.15, 0.2) is 0 Å². The van der Waals surface area contributed by atoms with Gasteiger partial charge in [-0.2, -0.15) is 0 Å². The Kier molecular flexibility index (Phi) is 9.18. The first kappa shape index (κ1) is 36.0. The molecule has 1 heterocycles. The van der Waals surface area contributed by atoms with Crippen LogP contribution >= 0.6 is 0 Å². The molecule has 3 nitrogen and oxygen atoms in total. The van der Waals surface area contributed by atoms with Crippen LogP contribution in [0.1, 0.15) is 0 Å². The number of fused-ring (bicyclic) bond motifs is 2. The largest absolute Gasteiger partial charge is 0.456 e. The fourth-order valence-corrected chi connectivity index (χ4v) is 8.68. The van der Waals surface area contributed by atoms with E-state index in [2.05, 4.69) is 252 Å². The van der Waals surface area contributed by atoms with Gasteiger partial charge in [0.1, 0.15) is 11.5 Å². The van der Waals surface area contributed by atoms with E-state index in [0.717, 1.165) is 67.7 Å². The number of ether oxygens (including phenoxy) is 1. The topological polar surface area (TPSA) is 15.7 Å². The van der Waals surface area contributed by atoms with Gasteiger partial charge in [-0.3, -0.25) is 0 Å². The number of hydrogen-bond donors (Lipinski definition) is 0. The first-order valence-corrected chi connectivity index (χ1v) is 20.7. The van der Waals surface area contributed by atoms with Crippen molar-refractivity contribution >= 4 is 44.9 Å². The Hall–Kier alpha value is -8.14. The Morgan fingerprint density at radius 1 is 0.246 bits per heavy atom. The first-order chi connectivity index (χ1) is 30.2. The highest BCUT2D eigenvalue weighted by molar-refractivity contribution is 6.04. The third kappa shape index (κ3) is 6.88. The van der Waals surface area contributed by atoms with Gasteiger partial charge < -0.3 is 14.5 Å². The molecule has 3 heteroatoms. The van der Waals surface area contributed by atoms with Crippen molar-refractivity contribution in [1.82, 2.24) is 0 Å². The van der Waals surface area contributed by atoms with Crippen LogP contribution in [0.25, 0.3) is 55.3 Å². The lowest BCUT2D eigenvalue weighted by Gasteiger charge is -2.30. The molecule has 288 valence electrons. The summed E-state index contributed by atoms with van der Waals surface area (Å²) in [5, 5.41) is 2.33. The minimum absolute atomic E-state index is 0.850. The Labute approximate surface area is 356 Å². The molecule has 0 unspecified atom stereocenters. The van der Waals surface area contributed by atoms with Crippen molar-refractivity contribution in [3.8, 4) is 56.0 Å². The maximum Gasteiger partial charge on any atom is 0.135 e. The fourth-order valence-electron chi connectivity index (χ4n) is 8.68. The van der Waals surface area contributed by atoms with E-state index in [-0.39, 0.29) is 0 Å². The van der Waals surface area contributed by atoms with E-state index in [1.807, 2.05) is 0 Å². The standard InChI is InChI=1S/C58H40N2O/c1-5-15-41(16-6-1)43-27-32-50(33-28-43)59(48-21-9-3-10-22-48)52-37-47(46-31-36-54-55-25-13-19-45-20-14-26-56(58(45)55)61-57(54)39-46)38-53(40-52)60(49-23-11-4-12-24-49)51-34-29-44(30-35-51)42-17-7-2-8-18-42/h1-40H. The lowest BCUT2D eigenvalue weighted by Crippen LogP contribution is -2.13. The van der Waals surface area contributed by atoms with Crippen molar-refractivity contribution in [2.75, 3.05) is 9.80 Å². The van der Waals surface area contributed by atoms with Gasteiger partial charge in [0.05, 0.1) is 0 Å². The second-order valence-electron chi connectivity index (χ2n) is 15.4. The van der Waals surface area contributed by atoms with Crippen molar-refractivity contribution in [3.05, 3.63) is 243 Å². The highest BCUT2D eigenvalue weighted by Crippen LogP contribution is 2.49. The maximum absolute atomic E-state index is 6.72. The van der Waals surface area contributed by atoms with Gasteiger partial charge >= 0.3 is 0 Å². The van der Waals surface area contributed by atoms with Gasteiger partial charge in [0.2, 0.25) is 0 Å². The van der Waals surface area contributed by atoms with Crippen molar-refractivity contribution < 1.29 is 4.74 Å².